The average Bonchev–Trinajstić information content (AvgIpc) is 2.17. The van der Waals surface area contributed by atoms with Gasteiger partial charge >= 0.3 is 0 Å². The molecule has 0 aromatic heterocycles. The Balaban J connectivity index is 2.27. The second kappa shape index (κ2) is 4.62. The van der Waals surface area contributed by atoms with Crippen LogP contribution < -0.4 is 0 Å². The first kappa shape index (κ1) is 10.5. The van der Waals surface area contributed by atoms with Crippen molar-refractivity contribution in [1.29, 1.82) is 5.26 Å². The molecular weight excluding hydrogens is 160 g/mol. The minimum Gasteiger partial charge on any atom is -0.302 e. The summed E-state index contributed by atoms with van der Waals surface area (Å²) in [6.45, 7) is 8.01. The van der Waals surface area contributed by atoms with Crippen molar-refractivity contribution in [2.75, 3.05) is 19.6 Å². The maximum absolute atomic E-state index is 8.47. The van der Waals surface area contributed by atoms with E-state index < -0.39 is 0 Å². The molecule has 2 nitrogen and oxygen atoms in total. The summed E-state index contributed by atoms with van der Waals surface area (Å²) in [4.78, 5) is 2.42. The van der Waals surface area contributed by atoms with Crippen molar-refractivity contribution in [2.24, 2.45) is 5.41 Å². The number of nitrogens with zero attached hydrogens (tertiary/aromatic N) is 2. The van der Waals surface area contributed by atoms with E-state index in [0.717, 1.165) is 6.54 Å². The van der Waals surface area contributed by atoms with Gasteiger partial charge in [0.05, 0.1) is 6.07 Å². The lowest BCUT2D eigenvalue weighted by molar-refractivity contribution is 0.117. The normalized spacial score (nSPS) is 22.5. The van der Waals surface area contributed by atoms with Gasteiger partial charge in [-0.15, -0.1) is 0 Å². The van der Waals surface area contributed by atoms with Gasteiger partial charge in [-0.2, -0.15) is 5.26 Å². The molecule has 0 aromatic carbocycles. The predicted molar refractivity (Wildman–Crippen MR) is 54.3 cm³/mol. The van der Waals surface area contributed by atoms with Gasteiger partial charge in [-0.3, -0.25) is 0 Å². The van der Waals surface area contributed by atoms with Gasteiger partial charge in [0.15, 0.2) is 0 Å². The fourth-order valence-electron chi connectivity index (χ4n) is 1.88. The van der Waals surface area contributed by atoms with Crippen LogP contribution in [-0.4, -0.2) is 24.5 Å². The molecule has 0 amide bonds. The zero-order valence-corrected chi connectivity index (χ0v) is 8.84. The van der Waals surface area contributed by atoms with Crippen molar-refractivity contribution in [3.05, 3.63) is 0 Å². The molecule has 13 heavy (non-hydrogen) atoms. The van der Waals surface area contributed by atoms with E-state index in [0.29, 0.717) is 11.8 Å². The minimum atomic E-state index is 0.573. The second-order valence-electron chi connectivity index (χ2n) is 4.41. The Bertz CT molecular complexity index is 185. The topological polar surface area (TPSA) is 27.0 Å². The van der Waals surface area contributed by atoms with E-state index in [1.165, 1.54) is 32.4 Å². The van der Waals surface area contributed by atoms with Crippen LogP contribution in [0.4, 0.5) is 0 Å². The minimum absolute atomic E-state index is 0.573. The molecule has 1 fully saturated rings. The molecule has 74 valence electrons. The summed E-state index contributed by atoms with van der Waals surface area (Å²) in [6.07, 6.45) is 4.58. The number of nitriles is 1. The Morgan fingerprint density at radius 1 is 1.38 bits per heavy atom. The zero-order valence-electron chi connectivity index (χ0n) is 8.84. The van der Waals surface area contributed by atoms with Crippen molar-refractivity contribution in [2.45, 2.75) is 39.5 Å². The van der Waals surface area contributed by atoms with Gasteiger partial charge in [0, 0.05) is 13.0 Å². The summed E-state index contributed by atoms with van der Waals surface area (Å²) >= 11 is 0. The molecule has 1 aliphatic heterocycles. The number of piperidine rings is 1. The van der Waals surface area contributed by atoms with E-state index in [4.69, 9.17) is 5.26 Å². The van der Waals surface area contributed by atoms with Crippen molar-refractivity contribution in [1.82, 2.24) is 4.90 Å². The molecular formula is C11H20N2. The Hall–Kier alpha value is -0.550. The Labute approximate surface area is 81.5 Å². The predicted octanol–water partition coefficient (Wildman–Crippen LogP) is 2.41. The second-order valence-corrected chi connectivity index (χ2v) is 4.41. The van der Waals surface area contributed by atoms with Gasteiger partial charge in [0.25, 0.3) is 0 Å². The summed E-state index contributed by atoms with van der Waals surface area (Å²) in [7, 11) is 0. The third kappa shape index (κ3) is 3.00. The van der Waals surface area contributed by atoms with Crippen LogP contribution in [0.25, 0.3) is 0 Å². The monoisotopic (exact) mass is 180 g/mol. The quantitative estimate of drug-likeness (QED) is 0.667. The van der Waals surface area contributed by atoms with Crippen LogP contribution in [0, 0.1) is 16.7 Å². The van der Waals surface area contributed by atoms with Crippen molar-refractivity contribution >= 4 is 0 Å². The molecule has 0 spiro atoms. The van der Waals surface area contributed by atoms with Crippen LogP contribution in [0.3, 0.4) is 0 Å². The molecule has 0 aliphatic carbocycles. The van der Waals surface area contributed by atoms with Gasteiger partial charge in [0.2, 0.25) is 0 Å². The molecule has 2 heteroatoms. The number of rotatable bonds is 3. The van der Waals surface area contributed by atoms with E-state index >= 15 is 0 Å². The van der Waals surface area contributed by atoms with Gasteiger partial charge in [-0.1, -0.05) is 20.3 Å². The van der Waals surface area contributed by atoms with E-state index in [2.05, 4.69) is 24.8 Å². The molecule has 1 rings (SSSR count). The lowest BCUT2D eigenvalue weighted by atomic mass is 9.78. The molecule has 0 bridgehead atoms. The standard InChI is InChI=1S/C11H20N2/c1-3-11(2)5-9-13(10-6-11)8-4-7-12/h3-6,8-10H2,1-2H3. The molecule has 0 unspecified atom stereocenters. The number of hydrogen-bond donors (Lipinski definition) is 0. The molecule has 0 saturated carbocycles. The van der Waals surface area contributed by atoms with Crippen LogP contribution >= 0.6 is 0 Å². The number of likely N-dealkylation sites (tertiary alicyclic amines) is 1. The highest BCUT2D eigenvalue weighted by Crippen LogP contribution is 2.33. The van der Waals surface area contributed by atoms with Crippen molar-refractivity contribution in [3.8, 4) is 6.07 Å². The first-order chi connectivity index (χ1) is 6.20. The summed E-state index contributed by atoms with van der Waals surface area (Å²) < 4.78 is 0. The lowest BCUT2D eigenvalue weighted by Gasteiger charge is -2.38. The van der Waals surface area contributed by atoms with Crippen LogP contribution in [0.15, 0.2) is 0 Å². The summed E-state index contributed by atoms with van der Waals surface area (Å²) in [5.41, 5.74) is 0.573. The highest BCUT2D eigenvalue weighted by molar-refractivity contribution is 4.82. The van der Waals surface area contributed by atoms with Crippen LogP contribution in [-0.2, 0) is 0 Å². The van der Waals surface area contributed by atoms with E-state index in [1.807, 2.05) is 0 Å². The average molecular weight is 180 g/mol. The van der Waals surface area contributed by atoms with E-state index in [1.54, 1.807) is 0 Å². The van der Waals surface area contributed by atoms with E-state index in [-0.39, 0.29) is 0 Å². The van der Waals surface area contributed by atoms with Crippen LogP contribution in [0.1, 0.15) is 39.5 Å². The summed E-state index contributed by atoms with van der Waals surface area (Å²) in [6, 6.07) is 2.21. The molecule has 0 radical (unpaired) electrons. The summed E-state index contributed by atoms with van der Waals surface area (Å²) in [5.74, 6) is 0. The summed E-state index contributed by atoms with van der Waals surface area (Å²) in [5, 5.41) is 8.47. The molecule has 0 atom stereocenters. The van der Waals surface area contributed by atoms with Crippen molar-refractivity contribution in [3.63, 3.8) is 0 Å². The zero-order chi connectivity index (χ0) is 9.73. The molecule has 0 N–H and O–H groups in total. The van der Waals surface area contributed by atoms with Gasteiger partial charge in [-0.25, -0.2) is 0 Å². The third-order valence-corrected chi connectivity index (χ3v) is 3.46. The Morgan fingerprint density at radius 2 is 2.00 bits per heavy atom. The third-order valence-electron chi connectivity index (χ3n) is 3.46. The fourth-order valence-corrected chi connectivity index (χ4v) is 1.88. The maximum atomic E-state index is 8.47. The van der Waals surface area contributed by atoms with Crippen molar-refractivity contribution < 1.29 is 0 Å². The highest BCUT2D eigenvalue weighted by Gasteiger charge is 2.27. The SMILES string of the molecule is CCC1(C)CCN(CCC#N)CC1. The largest absolute Gasteiger partial charge is 0.302 e. The molecule has 1 heterocycles. The van der Waals surface area contributed by atoms with Crippen LogP contribution in [0.5, 0.6) is 0 Å². The van der Waals surface area contributed by atoms with Crippen LogP contribution in [0.2, 0.25) is 0 Å². The Morgan fingerprint density at radius 3 is 2.46 bits per heavy atom. The highest BCUT2D eigenvalue weighted by atomic mass is 15.1. The van der Waals surface area contributed by atoms with Gasteiger partial charge in [-0.05, 0) is 31.3 Å². The maximum Gasteiger partial charge on any atom is 0.0635 e. The fraction of sp³-hybridized carbons (Fsp3) is 0.909. The lowest BCUT2D eigenvalue weighted by Crippen LogP contribution is -2.38. The van der Waals surface area contributed by atoms with E-state index in [9.17, 15) is 0 Å². The first-order valence-corrected chi connectivity index (χ1v) is 5.29. The molecule has 1 aliphatic rings. The van der Waals surface area contributed by atoms with Gasteiger partial charge < -0.3 is 4.90 Å². The number of hydrogen-bond acceptors (Lipinski definition) is 2. The Kier molecular flexibility index (Phi) is 3.74. The molecule has 1 saturated heterocycles. The first-order valence-electron chi connectivity index (χ1n) is 5.29. The molecule has 0 aromatic rings. The van der Waals surface area contributed by atoms with Gasteiger partial charge in [0.1, 0.15) is 0 Å². The smallest absolute Gasteiger partial charge is 0.0635 e.